The van der Waals surface area contributed by atoms with E-state index in [-0.39, 0.29) is 13.0 Å². The van der Waals surface area contributed by atoms with E-state index in [0.29, 0.717) is 36.3 Å². The largest absolute Gasteiger partial charge is 0.494 e. The number of carbonyl (C=O) groups is 2. The smallest absolute Gasteiger partial charge is 0.338 e. The molecule has 34 heavy (non-hydrogen) atoms. The fourth-order valence-electron chi connectivity index (χ4n) is 2.94. The molecule has 0 bridgehead atoms. The summed E-state index contributed by atoms with van der Waals surface area (Å²) in [6.45, 7) is 5.61. The van der Waals surface area contributed by atoms with Crippen LogP contribution in [0.25, 0.3) is 0 Å². The quantitative estimate of drug-likeness (QED) is 0.244. The Morgan fingerprint density at radius 3 is 2.21 bits per heavy atom. The summed E-state index contributed by atoms with van der Waals surface area (Å²) in [5.74, 6) is -0.408. The zero-order valence-corrected chi connectivity index (χ0v) is 20.8. The van der Waals surface area contributed by atoms with Crippen molar-refractivity contribution in [1.82, 2.24) is 0 Å². The minimum Gasteiger partial charge on any atom is -0.494 e. The van der Waals surface area contributed by atoms with Gasteiger partial charge in [0.1, 0.15) is 17.5 Å². The lowest BCUT2D eigenvalue weighted by molar-refractivity contribution is 0.00685. The zero-order valence-electron chi connectivity index (χ0n) is 20.0. The van der Waals surface area contributed by atoms with Crippen molar-refractivity contribution in [2.24, 2.45) is 0 Å². The van der Waals surface area contributed by atoms with Crippen molar-refractivity contribution < 1.29 is 36.4 Å². The average Bonchev–Trinajstić information content (AvgIpc) is 2.75. The summed E-state index contributed by atoms with van der Waals surface area (Å²) in [5, 5.41) is 0. The summed E-state index contributed by atoms with van der Waals surface area (Å²) in [5.41, 5.74) is 0.202. The lowest BCUT2D eigenvalue weighted by Gasteiger charge is -2.19. The third kappa shape index (κ3) is 10.8. The van der Waals surface area contributed by atoms with Crippen molar-refractivity contribution >= 4 is 22.1 Å². The fourth-order valence-corrected chi connectivity index (χ4v) is 3.34. The van der Waals surface area contributed by atoms with Crippen molar-refractivity contribution in [2.45, 2.75) is 51.7 Å². The van der Waals surface area contributed by atoms with Crippen LogP contribution in [0.2, 0.25) is 0 Å². The lowest BCUT2D eigenvalue weighted by atomic mass is 10.1. The standard InChI is InChI=1S/C25H32O8S/c1-25(2,3)33-24(27)20-12-8-13-22(18-20)30-16-9-14-21(15-17-31-34(4,28)29)32-23(26)19-10-6-5-7-11-19/h5-8,10-13,18,21H,9,14-17H2,1-4H3. The van der Waals surface area contributed by atoms with E-state index >= 15 is 0 Å². The van der Waals surface area contributed by atoms with E-state index in [1.54, 1.807) is 75.4 Å². The molecule has 0 aliphatic rings. The molecular formula is C25H32O8S. The molecule has 0 heterocycles. The molecule has 0 amide bonds. The van der Waals surface area contributed by atoms with E-state index in [9.17, 15) is 18.0 Å². The van der Waals surface area contributed by atoms with Crippen LogP contribution in [0.1, 0.15) is 60.7 Å². The Morgan fingerprint density at radius 1 is 0.882 bits per heavy atom. The summed E-state index contributed by atoms with van der Waals surface area (Å²) < 4.78 is 44.0. The van der Waals surface area contributed by atoms with Crippen LogP contribution in [-0.2, 0) is 23.8 Å². The van der Waals surface area contributed by atoms with Gasteiger partial charge in [-0.25, -0.2) is 9.59 Å². The van der Waals surface area contributed by atoms with Crippen LogP contribution >= 0.6 is 0 Å². The Labute approximate surface area is 201 Å². The normalized spacial score (nSPS) is 12.6. The molecule has 0 aromatic heterocycles. The van der Waals surface area contributed by atoms with Crippen molar-refractivity contribution in [3.63, 3.8) is 0 Å². The first-order valence-electron chi connectivity index (χ1n) is 11.0. The first-order valence-corrected chi connectivity index (χ1v) is 12.8. The van der Waals surface area contributed by atoms with Gasteiger partial charge in [0.2, 0.25) is 0 Å². The number of benzene rings is 2. The Morgan fingerprint density at radius 2 is 1.56 bits per heavy atom. The molecule has 0 aliphatic carbocycles. The highest BCUT2D eigenvalue weighted by Gasteiger charge is 2.19. The highest BCUT2D eigenvalue weighted by Crippen LogP contribution is 2.18. The SMILES string of the molecule is CC(C)(C)OC(=O)c1cccc(OCCCC(CCOS(C)(=O)=O)OC(=O)c2ccccc2)c1. The van der Waals surface area contributed by atoms with E-state index in [1.807, 2.05) is 0 Å². The molecule has 2 rings (SSSR count). The highest BCUT2D eigenvalue weighted by molar-refractivity contribution is 7.85. The molecule has 0 spiro atoms. The Kier molecular flexibility index (Phi) is 10.1. The summed E-state index contributed by atoms with van der Waals surface area (Å²) in [4.78, 5) is 24.7. The average molecular weight is 493 g/mol. The van der Waals surface area contributed by atoms with Gasteiger partial charge in [-0.2, -0.15) is 8.42 Å². The van der Waals surface area contributed by atoms with E-state index in [0.717, 1.165) is 6.26 Å². The van der Waals surface area contributed by atoms with Gasteiger partial charge in [0.15, 0.2) is 0 Å². The van der Waals surface area contributed by atoms with Crippen LogP contribution in [0.4, 0.5) is 0 Å². The highest BCUT2D eigenvalue weighted by atomic mass is 32.2. The second-order valence-electron chi connectivity index (χ2n) is 8.73. The van der Waals surface area contributed by atoms with E-state index in [1.165, 1.54) is 0 Å². The number of carbonyl (C=O) groups excluding carboxylic acids is 2. The van der Waals surface area contributed by atoms with Gasteiger partial charge < -0.3 is 14.2 Å². The number of ether oxygens (including phenoxy) is 3. The summed E-state index contributed by atoms with van der Waals surface area (Å²) in [7, 11) is -3.59. The van der Waals surface area contributed by atoms with E-state index < -0.39 is 33.8 Å². The second kappa shape index (κ2) is 12.5. The molecule has 9 heteroatoms. The first-order chi connectivity index (χ1) is 15.9. The van der Waals surface area contributed by atoms with Crippen molar-refractivity contribution in [2.75, 3.05) is 19.5 Å². The van der Waals surface area contributed by atoms with Crippen LogP contribution in [0.15, 0.2) is 54.6 Å². The van der Waals surface area contributed by atoms with Gasteiger partial charge in [-0.3, -0.25) is 4.18 Å². The minimum atomic E-state index is -3.59. The first kappa shape index (κ1) is 27.3. The van der Waals surface area contributed by atoms with Crippen LogP contribution in [0, 0.1) is 0 Å². The van der Waals surface area contributed by atoms with Gasteiger partial charge in [-0.15, -0.1) is 0 Å². The van der Waals surface area contributed by atoms with E-state index in [4.69, 9.17) is 18.4 Å². The number of rotatable bonds is 12. The van der Waals surface area contributed by atoms with Crippen molar-refractivity contribution in [1.29, 1.82) is 0 Å². The predicted octanol–water partition coefficient (Wildman–Crippen LogP) is 4.39. The minimum absolute atomic E-state index is 0.0929. The zero-order chi connectivity index (χ0) is 25.2. The molecule has 0 N–H and O–H groups in total. The molecule has 0 fully saturated rings. The maximum Gasteiger partial charge on any atom is 0.338 e. The third-order valence-corrected chi connectivity index (χ3v) is 5.02. The molecule has 186 valence electrons. The van der Waals surface area contributed by atoms with Crippen LogP contribution < -0.4 is 4.74 Å². The number of hydrogen-bond donors (Lipinski definition) is 0. The molecule has 2 aromatic rings. The molecule has 0 saturated heterocycles. The van der Waals surface area contributed by atoms with Crippen LogP contribution in [0.3, 0.4) is 0 Å². The predicted molar refractivity (Wildman–Crippen MR) is 127 cm³/mol. The molecule has 0 aliphatic heterocycles. The van der Waals surface area contributed by atoms with Crippen LogP contribution in [-0.4, -0.2) is 51.5 Å². The number of esters is 2. The maximum atomic E-state index is 12.4. The Hall–Kier alpha value is -2.91. The van der Waals surface area contributed by atoms with Gasteiger partial charge in [0.05, 0.1) is 30.6 Å². The monoisotopic (exact) mass is 492 g/mol. The molecule has 8 nitrogen and oxygen atoms in total. The Balaban J connectivity index is 1.90. The Bertz CT molecular complexity index is 1040. The van der Waals surface area contributed by atoms with Gasteiger partial charge in [-0.05, 0) is 63.9 Å². The second-order valence-corrected chi connectivity index (χ2v) is 10.4. The van der Waals surface area contributed by atoms with Crippen molar-refractivity contribution in [3.8, 4) is 5.75 Å². The summed E-state index contributed by atoms with van der Waals surface area (Å²) >= 11 is 0. The van der Waals surface area contributed by atoms with Gasteiger partial charge in [-0.1, -0.05) is 24.3 Å². The van der Waals surface area contributed by atoms with Gasteiger partial charge in [0, 0.05) is 6.42 Å². The van der Waals surface area contributed by atoms with E-state index in [2.05, 4.69) is 0 Å². The number of hydrogen-bond acceptors (Lipinski definition) is 8. The lowest BCUT2D eigenvalue weighted by Crippen LogP contribution is -2.23. The maximum absolute atomic E-state index is 12.4. The molecule has 1 atom stereocenters. The van der Waals surface area contributed by atoms with Crippen LogP contribution in [0.5, 0.6) is 5.75 Å². The summed E-state index contributed by atoms with van der Waals surface area (Å²) in [6, 6.07) is 15.3. The molecular weight excluding hydrogens is 460 g/mol. The fraction of sp³-hybridized carbons (Fsp3) is 0.440. The molecule has 1 unspecified atom stereocenters. The topological polar surface area (TPSA) is 105 Å². The molecule has 0 saturated carbocycles. The molecule has 0 radical (unpaired) electrons. The van der Waals surface area contributed by atoms with Crippen molar-refractivity contribution in [3.05, 3.63) is 65.7 Å². The molecule has 2 aromatic carbocycles. The third-order valence-electron chi connectivity index (χ3n) is 4.43. The van der Waals surface area contributed by atoms with Gasteiger partial charge in [0.25, 0.3) is 10.1 Å². The summed E-state index contributed by atoms with van der Waals surface area (Å²) in [6.07, 6.45) is 1.61. The van der Waals surface area contributed by atoms with Gasteiger partial charge >= 0.3 is 11.9 Å².